The Morgan fingerprint density at radius 1 is 1.45 bits per heavy atom. The predicted octanol–water partition coefficient (Wildman–Crippen LogP) is 3.16. The first-order chi connectivity index (χ1) is 9.70. The zero-order valence-corrected chi connectivity index (χ0v) is 11.6. The largest absolute Gasteiger partial charge is 0.493 e. The third-order valence-electron chi connectivity index (χ3n) is 2.89. The van der Waals surface area contributed by atoms with Crippen molar-refractivity contribution in [1.82, 2.24) is 9.38 Å². The summed E-state index contributed by atoms with van der Waals surface area (Å²) in [7, 11) is 0. The summed E-state index contributed by atoms with van der Waals surface area (Å²) in [6.45, 7) is 2.51. The van der Waals surface area contributed by atoms with E-state index in [1.54, 1.807) is 4.40 Å². The average Bonchev–Trinajstić information content (AvgIpc) is 3.00. The van der Waals surface area contributed by atoms with Gasteiger partial charge in [0.25, 0.3) is 0 Å². The second-order valence-corrected chi connectivity index (χ2v) is 4.97. The Hall–Kier alpha value is -2.34. The lowest BCUT2D eigenvalue weighted by Crippen LogP contribution is -1.96. The monoisotopic (exact) mass is 288 g/mol. The molecular formula is C14H12N2O3S. The number of para-hydroxylation sites is 1. The van der Waals surface area contributed by atoms with E-state index in [0.717, 1.165) is 17.0 Å². The van der Waals surface area contributed by atoms with E-state index < -0.39 is 5.97 Å². The van der Waals surface area contributed by atoms with Gasteiger partial charge in [-0.1, -0.05) is 12.1 Å². The molecule has 2 heterocycles. The number of carboxylic acids is 1. The smallest absolute Gasteiger partial charge is 0.356 e. The third kappa shape index (κ3) is 2.04. The van der Waals surface area contributed by atoms with Crippen molar-refractivity contribution in [3.05, 3.63) is 41.5 Å². The number of rotatable bonds is 4. The van der Waals surface area contributed by atoms with Gasteiger partial charge in [-0.3, -0.25) is 4.40 Å². The molecule has 0 spiro atoms. The summed E-state index contributed by atoms with van der Waals surface area (Å²) in [4.78, 5) is 15.7. The molecule has 3 rings (SSSR count). The van der Waals surface area contributed by atoms with Crippen LogP contribution in [0.15, 0.2) is 35.8 Å². The van der Waals surface area contributed by atoms with Gasteiger partial charge in [0.1, 0.15) is 5.75 Å². The molecule has 0 fully saturated rings. The van der Waals surface area contributed by atoms with Crippen LogP contribution < -0.4 is 4.74 Å². The third-order valence-corrected chi connectivity index (χ3v) is 3.73. The number of imidazole rings is 1. The molecule has 0 aliphatic carbocycles. The highest BCUT2D eigenvalue weighted by Gasteiger charge is 2.15. The Labute approximate surface area is 119 Å². The van der Waals surface area contributed by atoms with Gasteiger partial charge in [-0.25, -0.2) is 9.78 Å². The van der Waals surface area contributed by atoms with Crippen LogP contribution in [0.3, 0.4) is 0 Å². The average molecular weight is 288 g/mol. The molecule has 0 aliphatic heterocycles. The molecule has 1 N–H and O–H groups in total. The van der Waals surface area contributed by atoms with Gasteiger partial charge in [-0.15, -0.1) is 11.3 Å². The lowest BCUT2D eigenvalue weighted by atomic mass is 10.1. The SMILES string of the molecule is CCOc1ccccc1-c1csc2nc(C(=O)O)cn12. The summed E-state index contributed by atoms with van der Waals surface area (Å²) in [5.41, 5.74) is 1.86. The van der Waals surface area contributed by atoms with Crippen LogP contribution >= 0.6 is 11.3 Å². The van der Waals surface area contributed by atoms with E-state index in [0.29, 0.717) is 11.6 Å². The number of thiazole rings is 1. The first-order valence-corrected chi connectivity index (χ1v) is 7.00. The zero-order chi connectivity index (χ0) is 14.1. The van der Waals surface area contributed by atoms with E-state index >= 15 is 0 Å². The van der Waals surface area contributed by atoms with Crippen LogP contribution in [0, 0.1) is 0 Å². The number of nitrogens with zero attached hydrogens (tertiary/aromatic N) is 2. The lowest BCUT2D eigenvalue weighted by molar-refractivity contribution is 0.0691. The van der Waals surface area contributed by atoms with E-state index in [2.05, 4.69) is 4.98 Å². The number of fused-ring (bicyclic) bond motifs is 1. The van der Waals surface area contributed by atoms with Crippen molar-refractivity contribution in [2.75, 3.05) is 6.61 Å². The van der Waals surface area contributed by atoms with Crippen molar-refractivity contribution >= 4 is 22.3 Å². The van der Waals surface area contributed by atoms with Crippen molar-refractivity contribution < 1.29 is 14.6 Å². The van der Waals surface area contributed by atoms with Crippen LogP contribution in [0.2, 0.25) is 0 Å². The Kier molecular flexibility index (Phi) is 3.15. The summed E-state index contributed by atoms with van der Waals surface area (Å²) in [6.07, 6.45) is 1.53. The fourth-order valence-corrected chi connectivity index (χ4v) is 2.91. The first kappa shape index (κ1) is 12.7. The molecule has 6 heteroatoms. The maximum absolute atomic E-state index is 11.0. The van der Waals surface area contributed by atoms with Gasteiger partial charge in [-0.2, -0.15) is 0 Å². The highest BCUT2D eigenvalue weighted by atomic mass is 32.1. The van der Waals surface area contributed by atoms with Gasteiger partial charge in [0.15, 0.2) is 10.7 Å². The molecule has 0 bridgehead atoms. The second-order valence-electron chi connectivity index (χ2n) is 4.13. The summed E-state index contributed by atoms with van der Waals surface area (Å²) in [5, 5.41) is 11.0. The minimum absolute atomic E-state index is 0.0481. The molecule has 0 amide bonds. The normalized spacial score (nSPS) is 10.8. The Bertz CT molecular complexity index is 776. The van der Waals surface area contributed by atoms with E-state index in [-0.39, 0.29) is 5.69 Å². The Morgan fingerprint density at radius 3 is 3.00 bits per heavy atom. The predicted molar refractivity (Wildman–Crippen MR) is 76.6 cm³/mol. The zero-order valence-electron chi connectivity index (χ0n) is 10.7. The number of benzene rings is 1. The first-order valence-electron chi connectivity index (χ1n) is 6.12. The number of aromatic carboxylic acids is 1. The van der Waals surface area contributed by atoms with Crippen molar-refractivity contribution in [1.29, 1.82) is 0 Å². The van der Waals surface area contributed by atoms with Crippen LogP contribution in [-0.2, 0) is 0 Å². The number of hydrogen-bond donors (Lipinski definition) is 1. The molecule has 0 atom stereocenters. The maximum atomic E-state index is 11.0. The van der Waals surface area contributed by atoms with Gasteiger partial charge in [0.2, 0.25) is 0 Å². The van der Waals surface area contributed by atoms with Gasteiger partial charge in [-0.05, 0) is 19.1 Å². The topological polar surface area (TPSA) is 63.8 Å². The minimum Gasteiger partial charge on any atom is -0.493 e. The number of carbonyl (C=O) groups is 1. The van der Waals surface area contributed by atoms with E-state index in [9.17, 15) is 4.79 Å². The van der Waals surface area contributed by atoms with Crippen molar-refractivity contribution in [3.8, 4) is 17.0 Å². The summed E-state index contributed by atoms with van der Waals surface area (Å²) >= 11 is 1.41. The molecule has 3 aromatic rings. The summed E-state index contributed by atoms with van der Waals surface area (Å²) in [5.74, 6) is -0.245. The van der Waals surface area contributed by atoms with Crippen LogP contribution in [-0.4, -0.2) is 27.1 Å². The summed E-state index contributed by atoms with van der Waals surface area (Å²) < 4.78 is 7.40. The summed E-state index contributed by atoms with van der Waals surface area (Å²) in [6, 6.07) is 7.69. The van der Waals surface area contributed by atoms with Crippen molar-refractivity contribution in [2.45, 2.75) is 6.92 Å². The van der Waals surface area contributed by atoms with E-state index in [1.165, 1.54) is 17.5 Å². The molecular weight excluding hydrogens is 276 g/mol. The minimum atomic E-state index is -1.02. The Morgan fingerprint density at radius 2 is 2.25 bits per heavy atom. The van der Waals surface area contributed by atoms with Gasteiger partial charge in [0.05, 0.1) is 12.3 Å². The van der Waals surface area contributed by atoms with Crippen LogP contribution in [0.1, 0.15) is 17.4 Å². The van der Waals surface area contributed by atoms with Gasteiger partial charge < -0.3 is 9.84 Å². The molecule has 0 saturated heterocycles. The van der Waals surface area contributed by atoms with Crippen molar-refractivity contribution in [2.24, 2.45) is 0 Å². The number of ether oxygens (including phenoxy) is 1. The molecule has 2 aromatic heterocycles. The molecule has 0 unspecified atom stereocenters. The standard InChI is InChI=1S/C14H12N2O3S/c1-2-19-12-6-4-3-5-9(12)11-8-20-14-15-10(13(17)18)7-16(11)14/h3-8H,2H2,1H3,(H,17,18). The molecule has 102 valence electrons. The van der Waals surface area contributed by atoms with Gasteiger partial charge in [0, 0.05) is 17.1 Å². The van der Waals surface area contributed by atoms with Crippen LogP contribution in [0.5, 0.6) is 5.75 Å². The fourth-order valence-electron chi connectivity index (χ4n) is 2.04. The molecule has 5 nitrogen and oxygen atoms in total. The second kappa shape index (κ2) is 4.97. The van der Waals surface area contributed by atoms with Gasteiger partial charge >= 0.3 is 5.97 Å². The number of hydrogen-bond acceptors (Lipinski definition) is 4. The molecule has 1 aromatic carbocycles. The van der Waals surface area contributed by atoms with E-state index in [1.807, 2.05) is 36.6 Å². The quantitative estimate of drug-likeness (QED) is 0.801. The number of carboxylic acid groups (broad SMARTS) is 1. The highest BCUT2D eigenvalue weighted by molar-refractivity contribution is 7.15. The molecule has 0 aliphatic rings. The highest BCUT2D eigenvalue weighted by Crippen LogP contribution is 2.33. The number of aromatic nitrogens is 2. The fraction of sp³-hybridized carbons (Fsp3) is 0.143. The molecule has 0 radical (unpaired) electrons. The molecule has 20 heavy (non-hydrogen) atoms. The maximum Gasteiger partial charge on any atom is 0.356 e. The van der Waals surface area contributed by atoms with Crippen LogP contribution in [0.25, 0.3) is 16.2 Å². The van der Waals surface area contributed by atoms with Crippen LogP contribution in [0.4, 0.5) is 0 Å². The van der Waals surface area contributed by atoms with Crippen molar-refractivity contribution in [3.63, 3.8) is 0 Å². The molecule has 0 saturated carbocycles. The van der Waals surface area contributed by atoms with E-state index in [4.69, 9.17) is 9.84 Å². The lowest BCUT2D eigenvalue weighted by Gasteiger charge is -2.08. The Balaban J connectivity index is 2.17.